The standard InChI is InChI=1S/C15H21ClN2O2S/c16-13-11-12(17)3-4-14(13)21(19,20)18-9-7-15(8-10-18)5-1-2-6-15/h3-4,11H,1-2,5-10,17H2. The molecule has 1 aliphatic carbocycles. The highest BCUT2D eigenvalue weighted by Crippen LogP contribution is 2.46. The Labute approximate surface area is 131 Å². The van der Waals surface area contributed by atoms with E-state index in [0.29, 0.717) is 24.2 Å². The van der Waals surface area contributed by atoms with Crippen molar-refractivity contribution in [3.05, 3.63) is 23.2 Å². The van der Waals surface area contributed by atoms with Gasteiger partial charge in [0.05, 0.1) is 5.02 Å². The number of nitrogens with zero attached hydrogens (tertiary/aromatic N) is 1. The second-order valence-electron chi connectivity index (χ2n) is 6.30. The summed E-state index contributed by atoms with van der Waals surface area (Å²) in [4.78, 5) is 0.167. The first-order valence-electron chi connectivity index (χ1n) is 7.48. The van der Waals surface area contributed by atoms with Crippen LogP contribution in [-0.2, 0) is 10.0 Å². The van der Waals surface area contributed by atoms with Gasteiger partial charge in [0, 0.05) is 18.8 Å². The highest BCUT2D eigenvalue weighted by molar-refractivity contribution is 7.89. The maximum atomic E-state index is 12.7. The maximum Gasteiger partial charge on any atom is 0.244 e. The molecular weight excluding hydrogens is 308 g/mol. The topological polar surface area (TPSA) is 63.4 Å². The summed E-state index contributed by atoms with van der Waals surface area (Å²) < 4.78 is 27.0. The number of rotatable bonds is 2. The Hall–Kier alpha value is -0.780. The molecule has 0 atom stereocenters. The Morgan fingerprint density at radius 1 is 1.10 bits per heavy atom. The van der Waals surface area contributed by atoms with E-state index in [0.717, 1.165) is 12.8 Å². The van der Waals surface area contributed by atoms with Crippen LogP contribution in [0.4, 0.5) is 5.69 Å². The molecule has 0 aromatic heterocycles. The molecule has 0 amide bonds. The van der Waals surface area contributed by atoms with E-state index in [-0.39, 0.29) is 9.92 Å². The molecule has 6 heteroatoms. The van der Waals surface area contributed by atoms with Crippen molar-refractivity contribution in [1.29, 1.82) is 0 Å². The summed E-state index contributed by atoms with van der Waals surface area (Å²) in [5, 5.41) is 0.205. The Bertz CT molecular complexity index is 629. The van der Waals surface area contributed by atoms with E-state index >= 15 is 0 Å². The molecule has 0 radical (unpaired) electrons. The van der Waals surface area contributed by atoms with E-state index in [1.165, 1.54) is 37.8 Å². The molecule has 1 aromatic carbocycles. The molecule has 2 N–H and O–H groups in total. The van der Waals surface area contributed by atoms with Crippen molar-refractivity contribution < 1.29 is 8.42 Å². The summed E-state index contributed by atoms with van der Waals surface area (Å²) in [6.45, 7) is 1.20. The molecule has 1 saturated carbocycles. The van der Waals surface area contributed by atoms with Crippen molar-refractivity contribution >= 4 is 27.3 Å². The lowest BCUT2D eigenvalue weighted by Crippen LogP contribution is -2.42. The predicted octanol–water partition coefficient (Wildman–Crippen LogP) is 3.27. The van der Waals surface area contributed by atoms with E-state index in [1.807, 2.05) is 0 Å². The van der Waals surface area contributed by atoms with Crippen molar-refractivity contribution in [3.63, 3.8) is 0 Å². The summed E-state index contributed by atoms with van der Waals surface area (Å²) in [7, 11) is -3.51. The third kappa shape index (κ3) is 2.79. The first-order valence-corrected chi connectivity index (χ1v) is 9.30. The van der Waals surface area contributed by atoms with Gasteiger partial charge in [0.15, 0.2) is 0 Å². The number of halogens is 1. The van der Waals surface area contributed by atoms with Gasteiger partial charge in [-0.15, -0.1) is 0 Å². The molecule has 21 heavy (non-hydrogen) atoms. The number of sulfonamides is 1. The summed E-state index contributed by atoms with van der Waals surface area (Å²) >= 11 is 6.07. The molecule has 1 saturated heterocycles. The van der Waals surface area contributed by atoms with E-state index < -0.39 is 10.0 Å². The van der Waals surface area contributed by atoms with Crippen molar-refractivity contribution in [2.45, 2.75) is 43.4 Å². The number of nitrogens with two attached hydrogens (primary N) is 1. The van der Waals surface area contributed by atoms with Gasteiger partial charge < -0.3 is 5.73 Å². The van der Waals surface area contributed by atoms with Crippen LogP contribution >= 0.6 is 11.6 Å². The molecule has 0 bridgehead atoms. The zero-order valence-corrected chi connectivity index (χ0v) is 13.6. The Morgan fingerprint density at radius 2 is 1.71 bits per heavy atom. The van der Waals surface area contributed by atoms with Crippen LogP contribution in [0.15, 0.2) is 23.1 Å². The summed E-state index contributed by atoms with van der Waals surface area (Å²) in [5.41, 5.74) is 6.51. The molecule has 2 aliphatic rings. The molecule has 116 valence electrons. The van der Waals surface area contributed by atoms with Crippen molar-refractivity contribution in [3.8, 4) is 0 Å². The largest absolute Gasteiger partial charge is 0.399 e. The fourth-order valence-corrected chi connectivity index (χ4v) is 5.66. The number of piperidine rings is 1. The minimum atomic E-state index is -3.51. The molecule has 1 aromatic rings. The number of hydrogen-bond donors (Lipinski definition) is 1. The van der Waals surface area contributed by atoms with Gasteiger partial charge in [-0.1, -0.05) is 24.4 Å². The highest BCUT2D eigenvalue weighted by atomic mass is 35.5. The van der Waals surface area contributed by atoms with Gasteiger partial charge in [0.2, 0.25) is 10.0 Å². The van der Waals surface area contributed by atoms with Crippen LogP contribution in [0.1, 0.15) is 38.5 Å². The van der Waals surface area contributed by atoms with E-state index in [9.17, 15) is 8.42 Å². The summed E-state index contributed by atoms with van der Waals surface area (Å²) in [6, 6.07) is 4.59. The zero-order chi connectivity index (χ0) is 15.1. The molecule has 1 spiro atoms. The fraction of sp³-hybridized carbons (Fsp3) is 0.600. The van der Waals surface area contributed by atoms with E-state index in [1.54, 1.807) is 10.4 Å². The quantitative estimate of drug-likeness (QED) is 0.847. The smallest absolute Gasteiger partial charge is 0.244 e. The molecule has 0 unspecified atom stereocenters. The van der Waals surface area contributed by atoms with Gasteiger partial charge in [0.1, 0.15) is 4.90 Å². The van der Waals surface area contributed by atoms with Gasteiger partial charge >= 0.3 is 0 Å². The second-order valence-corrected chi connectivity index (χ2v) is 8.61. The van der Waals surface area contributed by atoms with Crippen LogP contribution in [0, 0.1) is 5.41 Å². The number of benzene rings is 1. The lowest BCUT2D eigenvalue weighted by Gasteiger charge is -2.38. The summed E-state index contributed by atoms with van der Waals surface area (Å²) in [6.07, 6.45) is 7.03. The van der Waals surface area contributed by atoms with Crippen LogP contribution < -0.4 is 5.73 Å². The lowest BCUT2D eigenvalue weighted by atomic mass is 9.78. The second kappa shape index (κ2) is 5.45. The van der Waals surface area contributed by atoms with Gasteiger partial charge in [-0.2, -0.15) is 4.31 Å². The normalized spacial score (nSPS) is 22.7. The SMILES string of the molecule is Nc1ccc(S(=O)(=O)N2CCC3(CCCC3)CC2)c(Cl)c1. The average molecular weight is 329 g/mol. The van der Waals surface area contributed by atoms with E-state index in [2.05, 4.69) is 0 Å². The predicted molar refractivity (Wildman–Crippen MR) is 84.8 cm³/mol. The molecular formula is C15H21ClN2O2S. The third-order valence-electron chi connectivity index (χ3n) is 5.02. The molecule has 3 rings (SSSR count). The van der Waals surface area contributed by atoms with Crippen LogP contribution in [0.3, 0.4) is 0 Å². The first kappa shape index (κ1) is 15.1. The lowest BCUT2D eigenvalue weighted by molar-refractivity contribution is 0.160. The van der Waals surface area contributed by atoms with E-state index in [4.69, 9.17) is 17.3 Å². The van der Waals surface area contributed by atoms with Crippen molar-refractivity contribution in [2.75, 3.05) is 18.8 Å². The monoisotopic (exact) mass is 328 g/mol. The van der Waals surface area contributed by atoms with Crippen molar-refractivity contribution in [1.82, 2.24) is 4.31 Å². The van der Waals surface area contributed by atoms with Crippen molar-refractivity contribution in [2.24, 2.45) is 5.41 Å². The maximum absolute atomic E-state index is 12.7. The van der Waals surface area contributed by atoms with Gasteiger partial charge in [-0.3, -0.25) is 0 Å². The van der Waals surface area contributed by atoms with Crippen LogP contribution in [0.5, 0.6) is 0 Å². The Morgan fingerprint density at radius 3 is 2.29 bits per heavy atom. The minimum Gasteiger partial charge on any atom is -0.399 e. The van der Waals surface area contributed by atoms with Crippen LogP contribution in [-0.4, -0.2) is 25.8 Å². The van der Waals surface area contributed by atoms with Gasteiger partial charge in [-0.05, 0) is 49.3 Å². The third-order valence-corrected chi connectivity index (χ3v) is 7.40. The van der Waals surface area contributed by atoms with Crippen LogP contribution in [0.25, 0.3) is 0 Å². The molecule has 4 nitrogen and oxygen atoms in total. The summed E-state index contributed by atoms with van der Waals surface area (Å²) in [5.74, 6) is 0. The van der Waals surface area contributed by atoms with Gasteiger partial charge in [0.25, 0.3) is 0 Å². The zero-order valence-electron chi connectivity index (χ0n) is 12.0. The highest BCUT2D eigenvalue weighted by Gasteiger charge is 2.40. The van der Waals surface area contributed by atoms with Crippen LogP contribution in [0.2, 0.25) is 5.02 Å². The fourth-order valence-electron chi connectivity index (χ4n) is 3.69. The first-order chi connectivity index (χ1) is 9.93. The number of hydrogen-bond acceptors (Lipinski definition) is 3. The number of anilines is 1. The molecule has 1 aliphatic heterocycles. The number of nitrogen functional groups attached to an aromatic ring is 1. The van der Waals surface area contributed by atoms with Gasteiger partial charge in [-0.25, -0.2) is 8.42 Å². The Balaban J connectivity index is 1.80. The average Bonchev–Trinajstić information content (AvgIpc) is 2.87. The molecule has 1 heterocycles. The molecule has 2 fully saturated rings. The minimum absolute atomic E-state index is 0.167. The Kier molecular flexibility index (Phi) is 3.93.